The fraction of sp³-hybridized carbons (Fsp3) is 0.471. The molecule has 0 bridgehead atoms. The predicted molar refractivity (Wildman–Crippen MR) is 90.6 cm³/mol. The molecule has 7 nitrogen and oxygen atoms in total. The lowest BCUT2D eigenvalue weighted by Gasteiger charge is -2.35. The van der Waals surface area contributed by atoms with Crippen molar-refractivity contribution >= 4 is 28.8 Å². The number of benzene rings is 1. The molecule has 0 saturated carbocycles. The lowest BCUT2D eigenvalue weighted by Crippen LogP contribution is -2.48. The van der Waals surface area contributed by atoms with Crippen LogP contribution in [-0.4, -0.2) is 58.5 Å². The minimum absolute atomic E-state index is 0.0470. The number of amides is 3. The molecule has 8 heteroatoms. The van der Waals surface area contributed by atoms with Gasteiger partial charge >= 0.3 is 0 Å². The standard InChI is InChI=1S/C17H18N2O5S/c20-15(8-11-1-2-13-14(7-11)24-10-23-13)18-5-3-12(4-6-18)19-16(21)9-25-17(19)22/h1-2,7,12H,3-6,8-10H2. The third-order valence-corrected chi connectivity index (χ3v) is 5.59. The highest BCUT2D eigenvalue weighted by atomic mass is 32.2. The molecule has 0 spiro atoms. The number of piperidine rings is 1. The van der Waals surface area contributed by atoms with E-state index in [4.69, 9.17) is 9.47 Å². The second-order valence-electron chi connectivity index (χ2n) is 6.29. The van der Waals surface area contributed by atoms with Crippen LogP contribution >= 0.6 is 11.8 Å². The number of ether oxygens (including phenoxy) is 2. The van der Waals surface area contributed by atoms with E-state index in [1.165, 1.54) is 4.90 Å². The highest BCUT2D eigenvalue weighted by Gasteiger charge is 2.37. The number of carbonyl (C=O) groups excluding carboxylic acids is 3. The zero-order valence-electron chi connectivity index (χ0n) is 13.6. The summed E-state index contributed by atoms with van der Waals surface area (Å²) in [5.74, 6) is 1.55. The molecular formula is C17H18N2O5S. The Morgan fingerprint density at radius 3 is 2.64 bits per heavy atom. The number of fused-ring (bicyclic) bond motifs is 1. The average molecular weight is 362 g/mol. The van der Waals surface area contributed by atoms with Crippen molar-refractivity contribution in [3.8, 4) is 11.5 Å². The second-order valence-corrected chi connectivity index (χ2v) is 7.22. The topological polar surface area (TPSA) is 76.2 Å². The largest absolute Gasteiger partial charge is 0.454 e. The van der Waals surface area contributed by atoms with Crippen molar-refractivity contribution < 1.29 is 23.9 Å². The van der Waals surface area contributed by atoms with E-state index in [2.05, 4.69) is 0 Å². The first-order valence-electron chi connectivity index (χ1n) is 8.27. The first-order valence-corrected chi connectivity index (χ1v) is 9.25. The number of likely N-dealkylation sites (tertiary alicyclic amines) is 1. The first kappa shape index (κ1) is 16.3. The molecule has 2 fully saturated rings. The zero-order valence-corrected chi connectivity index (χ0v) is 14.4. The smallest absolute Gasteiger partial charge is 0.289 e. The van der Waals surface area contributed by atoms with Gasteiger partial charge in [0, 0.05) is 19.1 Å². The van der Waals surface area contributed by atoms with E-state index in [-0.39, 0.29) is 35.6 Å². The summed E-state index contributed by atoms with van der Waals surface area (Å²) in [6.45, 7) is 1.35. The van der Waals surface area contributed by atoms with Crippen LogP contribution in [-0.2, 0) is 16.0 Å². The fourth-order valence-electron chi connectivity index (χ4n) is 3.43. The first-order chi connectivity index (χ1) is 12.1. The zero-order chi connectivity index (χ0) is 17.4. The van der Waals surface area contributed by atoms with E-state index < -0.39 is 0 Å². The summed E-state index contributed by atoms with van der Waals surface area (Å²) in [6.07, 6.45) is 1.59. The van der Waals surface area contributed by atoms with Gasteiger partial charge in [-0.25, -0.2) is 0 Å². The minimum atomic E-state index is -0.157. The molecule has 0 unspecified atom stereocenters. The summed E-state index contributed by atoms with van der Waals surface area (Å²) in [7, 11) is 0. The van der Waals surface area contributed by atoms with Crippen LogP contribution in [0.5, 0.6) is 11.5 Å². The van der Waals surface area contributed by atoms with E-state index in [0.717, 1.165) is 17.3 Å². The van der Waals surface area contributed by atoms with E-state index in [9.17, 15) is 14.4 Å². The van der Waals surface area contributed by atoms with Crippen LogP contribution < -0.4 is 9.47 Å². The van der Waals surface area contributed by atoms with Crippen LogP contribution in [0.25, 0.3) is 0 Å². The maximum atomic E-state index is 12.5. The van der Waals surface area contributed by atoms with Gasteiger partial charge in [0.1, 0.15) is 0 Å². The molecule has 132 valence electrons. The SMILES string of the molecule is O=C(Cc1ccc2c(c1)OCO2)N1CCC(N2C(=O)CSC2=O)CC1. The van der Waals surface area contributed by atoms with Crippen molar-refractivity contribution in [1.82, 2.24) is 9.80 Å². The molecule has 3 heterocycles. The van der Waals surface area contributed by atoms with Crippen molar-refractivity contribution in [2.75, 3.05) is 25.6 Å². The normalized spacial score (nSPS) is 20.5. The summed E-state index contributed by atoms with van der Waals surface area (Å²) < 4.78 is 10.6. The van der Waals surface area contributed by atoms with E-state index >= 15 is 0 Å². The Kier molecular flexibility index (Phi) is 4.29. The van der Waals surface area contributed by atoms with Crippen molar-refractivity contribution in [3.05, 3.63) is 23.8 Å². The molecule has 2 saturated heterocycles. The number of hydrogen-bond donors (Lipinski definition) is 0. The van der Waals surface area contributed by atoms with Gasteiger partial charge in [0.05, 0.1) is 12.2 Å². The molecule has 3 aliphatic rings. The van der Waals surface area contributed by atoms with Gasteiger partial charge in [-0.3, -0.25) is 19.3 Å². The van der Waals surface area contributed by atoms with Crippen molar-refractivity contribution in [2.24, 2.45) is 0 Å². The third-order valence-electron chi connectivity index (χ3n) is 4.76. The van der Waals surface area contributed by atoms with Gasteiger partial charge in [-0.05, 0) is 30.5 Å². The maximum Gasteiger partial charge on any atom is 0.289 e. The van der Waals surface area contributed by atoms with Crippen molar-refractivity contribution in [3.63, 3.8) is 0 Å². The molecule has 0 radical (unpaired) electrons. The number of carbonyl (C=O) groups is 3. The summed E-state index contributed by atoms with van der Waals surface area (Å²) >= 11 is 1.06. The van der Waals surface area contributed by atoms with E-state index in [1.54, 1.807) is 4.90 Å². The van der Waals surface area contributed by atoms with Gasteiger partial charge in [-0.1, -0.05) is 17.8 Å². The predicted octanol–water partition coefficient (Wildman–Crippen LogP) is 1.64. The van der Waals surface area contributed by atoms with Gasteiger partial charge in [0.2, 0.25) is 18.6 Å². The fourth-order valence-corrected chi connectivity index (χ4v) is 4.20. The number of rotatable bonds is 3. The molecule has 1 aromatic carbocycles. The van der Waals surface area contributed by atoms with Crippen LogP contribution in [0.4, 0.5) is 4.79 Å². The quantitative estimate of drug-likeness (QED) is 0.814. The Hall–Kier alpha value is -2.22. The van der Waals surface area contributed by atoms with Gasteiger partial charge in [0.25, 0.3) is 5.24 Å². The maximum absolute atomic E-state index is 12.5. The van der Waals surface area contributed by atoms with Gasteiger partial charge in [0.15, 0.2) is 11.5 Å². The lowest BCUT2D eigenvalue weighted by molar-refractivity contribution is -0.132. The van der Waals surface area contributed by atoms with Crippen LogP contribution in [0.15, 0.2) is 18.2 Å². The van der Waals surface area contributed by atoms with Gasteiger partial charge < -0.3 is 14.4 Å². The Balaban J connectivity index is 1.34. The Morgan fingerprint density at radius 2 is 1.92 bits per heavy atom. The molecule has 4 rings (SSSR count). The molecule has 0 N–H and O–H groups in total. The van der Waals surface area contributed by atoms with E-state index in [0.29, 0.717) is 43.9 Å². The molecular weight excluding hydrogens is 344 g/mol. The number of hydrogen-bond acceptors (Lipinski definition) is 6. The summed E-state index contributed by atoms with van der Waals surface area (Å²) in [6, 6.07) is 5.45. The van der Waals surface area contributed by atoms with Crippen LogP contribution in [0.1, 0.15) is 18.4 Å². The van der Waals surface area contributed by atoms with E-state index in [1.807, 2.05) is 18.2 Å². The Labute approximate surface area is 149 Å². The Bertz CT molecular complexity index is 714. The highest BCUT2D eigenvalue weighted by molar-refractivity contribution is 8.14. The minimum Gasteiger partial charge on any atom is -0.454 e. The highest BCUT2D eigenvalue weighted by Crippen LogP contribution is 2.33. The lowest BCUT2D eigenvalue weighted by atomic mass is 10.0. The van der Waals surface area contributed by atoms with Crippen LogP contribution in [0.3, 0.4) is 0 Å². The van der Waals surface area contributed by atoms with Gasteiger partial charge in [-0.2, -0.15) is 0 Å². The summed E-state index contributed by atoms with van der Waals surface area (Å²) in [5, 5.41) is -0.157. The summed E-state index contributed by atoms with van der Waals surface area (Å²) in [4.78, 5) is 39.3. The molecule has 0 atom stereocenters. The summed E-state index contributed by atoms with van der Waals surface area (Å²) in [5.41, 5.74) is 0.887. The second kappa shape index (κ2) is 6.59. The number of imide groups is 1. The van der Waals surface area contributed by atoms with Gasteiger partial charge in [-0.15, -0.1) is 0 Å². The molecule has 0 aliphatic carbocycles. The van der Waals surface area contributed by atoms with Crippen molar-refractivity contribution in [2.45, 2.75) is 25.3 Å². The molecule has 25 heavy (non-hydrogen) atoms. The molecule has 0 aromatic heterocycles. The van der Waals surface area contributed by atoms with Crippen molar-refractivity contribution in [1.29, 1.82) is 0 Å². The third kappa shape index (κ3) is 3.18. The van der Waals surface area contributed by atoms with Crippen LogP contribution in [0, 0.1) is 0 Å². The number of nitrogens with zero attached hydrogens (tertiary/aromatic N) is 2. The monoisotopic (exact) mass is 362 g/mol. The molecule has 3 amide bonds. The number of thioether (sulfide) groups is 1. The molecule has 3 aliphatic heterocycles. The Morgan fingerprint density at radius 1 is 1.16 bits per heavy atom. The molecule has 1 aromatic rings. The van der Waals surface area contributed by atoms with Crippen LogP contribution in [0.2, 0.25) is 0 Å². The average Bonchev–Trinajstić information content (AvgIpc) is 3.21.